The number of rotatable bonds is 6. The second kappa shape index (κ2) is 8.48. The summed E-state index contributed by atoms with van der Waals surface area (Å²) in [5.41, 5.74) is 1.10. The van der Waals surface area contributed by atoms with E-state index in [9.17, 15) is 4.79 Å². The minimum Gasteiger partial charge on any atom is -0.377 e. The number of likely N-dealkylation sites (N-methyl/N-ethyl adjacent to an activating group) is 1. The van der Waals surface area contributed by atoms with Gasteiger partial charge in [0.05, 0.1) is 31.5 Å². The predicted molar refractivity (Wildman–Crippen MR) is 93.8 cm³/mol. The summed E-state index contributed by atoms with van der Waals surface area (Å²) < 4.78 is 7.34. The van der Waals surface area contributed by atoms with Crippen molar-refractivity contribution in [3.05, 3.63) is 18.0 Å². The molecule has 1 aromatic rings. The summed E-state index contributed by atoms with van der Waals surface area (Å²) in [7, 11) is 5.93. The minimum atomic E-state index is -0.000287. The molecule has 0 bridgehead atoms. The molecule has 0 radical (unpaired) electrons. The van der Waals surface area contributed by atoms with Crippen molar-refractivity contribution < 1.29 is 9.53 Å². The van der Waals surface area contributed by atoms with Crippen molar-refractivity contribution >= 4 is 6.03 Å². The average molecular weight is 337 g/mol. The zero-order chi connectivity index (χ0) is 17.7. The summed E-state index contributed by atoms with van der Waals surface area (Å²) in [4.78, 5) is 16.7. The van der Waals surface area contributed by atoms with Gasteiger partial charge >= 0.3 is 6.03 Å². The molecule has 2 heterocycles. The van der Waals surface area contributed by atoms with Gasteiger partial charge in [-0.1, -0.05) is 13.8 Å². The third-order valence-corrected chi connectivity index (χ3v) is 4.41. The Kier molecular flexibility index (Phi) is 6.62. The fourth-order valence-electron chi connectivity index (χ4n) is 3.16. The van der Waals surface area contributed by atoms with E-state index in [1.165, 1.54) is 0 Å². The Morgan fingerprint density at radius 3 is 2.83 bits per heavy atom. The first-order valence-corrected chi connectivity index (χ1v) is 8.65. The van der Waals surface area contributed by atoms with Gasteiger partial charge in [0.15, 0.2) is 0 Å². The molecular formula is C17H31N5O2. The number of nitrogens with one attached hydrogen (secondary N) is 1. The van der Waals surface area contributed by atoms with Crippen LogP contribution < -0.4 is 5.32 Å². The van der Waals surface area contributed by atoms with E-state index < -0.39 is 0 Å². The van der Waals surface area contributed by atoms with Gasteiger partial charge < -0.3 is 19.9 Å². The van der Waals surface area contributed by atoms with Crippen LogP contribution in [0.1, 0.15) is 31.9 Å². The number of aryl methyl sites for hydroxylation is 1. The van der Waals surface area contributed by atoms with Crippen LogP contribution in [0, 0.1) is 5.92 Å². The Morgan fingerprint density at radius 1 is 1.50 bits per heavy atom. The van der Waals surface area contributed by atoms with Crippen LogP contribution in [0.15, 0.2) is 12.4 Å². The Morgan fingerprint density at radius 2 is 2.25 bits per heavy atom. The molecule has 7 heteroatoms. The normalized spacial score (nSPS) is 19.8. The van der Waals surface area contributed by atoms with Crippen molar-refractivity contribution in [1.29, 1.82) is 0 Å². The van der Waals surface area contributed by atoms with Crippen molar-refractivity contribution in [2.24, 2.45) is 13.0 Å². The number of morpholine rings is 1. The van der Waals surface area contributed by atoms with Crippen LogP contribution in [-0.4, -0.2) is 72.1 Å². The van der Waals surface area contributed by atoms with Gasteiger partial charge in [-0.05, 0) is 26.4 Å². The van der Waals surface area contributed by atoms with E-state index in [1.807, 2.05) is 38.4 Å². The van der Waals surface area contributed by atoms with Crippen molar-refractivity contribution in [2.45, 2.75) is 32.4 Å². The van der Waals surface area contributed by atoms with E-state index in [4.69, 9.17) is 4.74 Å². The third kappa shape index (κ3) is 4.95. The topological polar surface area (TPSA) is 62.6 Å². The van der Waals surface area contributed by atoms with E-state index in [-0.39, 0.29) is 18.1 Å². The van der Waals surface area contributed by atoms with Crippen LogP contribution in [0.25, 0.3) is 0 Å². The molecule has 0 saturated carbocycles. The first kappa shape index (κ1) is 18.7. The molecular weight excluding hydrogens is 306 g/mol. The van der Waals surface area contributed by atoms with Gasteiger partial charge in [-0.3, -0.25) is 4.68 Å². The number of carbonyl (C=O) groups is 1. The number of urea groups is 1. The van der Waals surface area contributed by atoms with E-state index in [1.54, 1.807) is 4.68 Å². The fourth-order valence-corrected chi connectivity index (χ4v) is 3.16. The summed E-state index contributed by atoms with van der Waals surface area (Å²) in [6, 6.07) is 0.266. The highest BCUT2D eigenvalue weighted by molar-refractivity contribution is 5.74. The minimum absolute atomic E-state index is 0.000287. The quantitative estimate of drug-likeness (QED) is 0.854. The lowest BCUT2D eigenvalue weighted by Crippen LogP contribution is -2.53. The standard InChI is InChI=1S/C17H31N5O2/c1-13(2)8-15-12-24-7-6-22(15)17(23)18-10-16(20(3)4)14-9-19-21(5)11-14/h9,11,13,15-16H,6-8,10,12H2,1-5H3,(H,18,23)/t15-,16-/m1/s1. The van der Waals surface area contributed by atoms with Gasteiger partial charge in [0.25, 0.3) is 0 Å². The highest BCUT2D eigenvalue weighted by Crippen LogP contribution is 2.18. The zero-order valence-electron chi connectivity index (χ0n) is 15.5. The van der Waals surface area contributed by atoms with Gasteiger partial charge in [0.2, 0.25) is 0 Å². The average Bonchev–Trinajstić information content (AvgIpc) is 2.93. The van der Waals surface area contributed by atoms with E-state index in [2.05, 4.69) is 29.2 Å². The van der Waals surface area contributed by atoms with Gasteiger partial charge in [-0.25, -0.2) is 4.79 Å². The summed E-state index contributed by atoms with van der Waals surface area (Å²) >= 11 is 0. The van der Waals surface area contributed by atoms with Gasteiger partial charge in [0.1, 0.15) is 0 Å². The lowest BCUT2D eigenvalue weighted by Gasteiger charge is -2.37. The molecule has 2 rings (SSSR count). The van der Waals surface area contributed by atoms with Gasteiger partial charge in [-0.15, -0.1) is 0 Å². The number of hydrogen-bond donors (Lipinski definition) is 1. The Hall–Kier alpha value is -1.60. The van der Waals surface area contributed by atoms with E-state index >= 15 is 0 Å². The van der Waals surface area contributed by atoms with Crippen LogP contribution in [0.4, 0.5) is 4.79 Å². The monoisotopic (exact) mass is 337 g/mol. The van der Waals surface area contributed by atoms with Crippen molar-refractivity contribution in [2.75, 3.05) is 40.4 Å². The van der Waals surface area contributed by atoms with Crippen LogP contribution in [0.2, 0.25) is 0 Å². The van der Waals surface area contributed by atoms with Gasteiger partial charge in [0, 0.05) is 31.9 Å². The SMILES string of the molecule is CC(C)C[C@@H]1COCCN1C(=O)NC[C@H](c1cnn(C)c1)N(C)C. The summed E-state index contributed by atoms with van der Waals surface area (Å²) in [6.45, 7) is 6.81. The number of ether oxygens (including phenoxy) is 1. The Balaban J connectivity index is 1.96. The molecule has 1 aliphatic heterocycles. The number of aromatic nitrogens is 2. The first-order valence-electron chi connectivity index (χ1n) is 8.65. The molecule has 0 spiro atoms. The molecule has 1 aromatic heterocycles. The summed E-state index contributed by atoms with van der Waals surface area (Å²) in [5, 5.41) is 7.33. The molecule has 0 unspecified atom stereocenters. The molecule has 0 aromatic carbocycles. The molecule has 24 heavy (non-hydrogen) atoms. The summed E-state index contributed by atoms with van der Waals surface area (Å²) in [6.07, 6.45) is 4.81. The van der Waals surface area contributed by atoms with E-state index in [0.29, 0.717) is 32.2 Å². The van der Waals surface area contributed by atoms with Crippen molar-refractivity contribution in [1.82, 2.24) is 24.9 Å². The Bertz CT molecular complexity index is 529. The van der Waals surface area contributed by atoms with Gasteiger partial charge in [-0.2, -0.15) is 5.10 Å². The van der Waals surface area contributed by atoms with Crippen LogP contribution in [0.3, 0.4) is 0 Å². The summed E-state index contributed by atoms with van der Waals surface area (Å²) in [5.74, 6) is 0.539. The maximum Gasteiger partial charge on any atom is 0.317 e. The molecule has 1 fully saturated rings. The number of nitrogens with zero attached hydrogens (tertiary/aromatic N) is 4. The highest BCUT2D eigenvalue weighted by Gasteiger charge is 2.28. The van der Waals surface area contributed by atoms with Crippen LogP contribution in [-0.2, 0) is 11.8 Å². The highest BCUT2D eigenvalue weighted by atomic mass is 16.5. The first-order chi connectivity index (χ1) is 11.4. The third-order valence-electron chi connectivity index (χ3n) is 4.41. The maximum atomic E-state index is 12.7. The molecule has 1 aliphatic rings. The number of amides is 2. The lowest BCUT2D eigenvalue weighted by molar-refractivity contribution is 0.00533. The maximum absolute atomic E-state index is 12.7. The molecule has 1 saturated heterocycles. The molecule has 136 valence electrons. The zero-order valence-corrected chi connectivity index (χ0v) is 15.5. The molecule has 2 amide bonds. The fraction of sp³-hybridized carbons (Fsp3) is 0.765. The van der Waals surface area contributed by atoms with Crippen LogP contribution >= 0.6 is 0 Å². The predicted octanol–water partition coefficient (Wildman–Crippen LogP) is 1.48. The lowest BCUT2D eigenvalue weighted by atomic mass is 10.0. The molecule has 0 aliphatic carbocycles. The van der Waals surface area contributed by atoms with Crippen LogP contribution in [0.5, 0.6) is 0 Å². The largest absolute Gasteiger partial charge is 0.377 e. The van der Waals surface area contributed by atoms with Crippen molar-refractivity contribution in [3.8, 4) is 0 Å². The number of carbonyl (C=O) groups excluding carboxylic acids is 1. The smallest absolute Gasteiger partial charge is 0.317 e. The second-order valence-corrected chi connectivity index (χ2v) is 7.16. The second-order valence-electron chi connectivity index (χ2n) is 7.16. The molecule has 1 N–H and O–H groups in total. The molecule has 2 atom stereocenters. The Labute approximate surface area is 144 Å². The molecule has 7 nitrogen and oxygen atoms in total. The number of hydrogen-bond acceptors (Lipinski definition) is 4. The van der Waals surface area contributed by atoms with Crippen molar-refractivity contribution in [3.63, 3.8) is 0 Å². The van der Waals surface area contributed by atoms with E-state index in [0.717, 1.165) is 12.0 Å².